The molecule has 0 radical (unpaired) electrons. The minimum atomic E-state index is -1.13. The summed E-state index contributed by atoms with van der Waals surface area (Å²) in [5.41, 5.74) is 0. The molecule has 3 unspecified atom stereocenters. The molecule has 63 heavy (non-hydrogen) atoms. The standard InChI is InChI=1S/C58H117NO4/c1-3-5-7-9-11-13-15-16-17-18-19-20-21-22-23-24-25-26-27-28-29-30-31-32-33-34-35-36-37-38-39-40-41-42-43-45-47-49-51-53-57(62)59-55(54-60)58(63)56(61)52-50-48-46-44-14-12-10-8-6-4-2/h55-56,58,60-61,63H,3-54H2,1-2H3,(H,59,62). The van der Waals surface area contributed by atoms with Crippen LogP contribution < -0.4 is 5.32 Å². The van der Waals surface area contributed by atoms with Crippen LogP contribution >= 0.6 is 0 Å². The fraction of sp³-hybridized carbons (Fsp3) is 0.983. The monoisotopic (exact) mass is 892 g/mol. The van der Waals surface area contributed by atoms with Crippen molar-refractivity contribution in [2.75, 3.05) is 6.61 Å². The number of amides is 1. The van der Waals surface area contributed by atoms with E-state index in [1.54, 1.807) is 0 Å². The summed E-state index contributed by atoms with van der Waals surface area (Å²) in [5, 5.41) is 33.5. The first-order valence-electron chi connectivity index (χ1n) is 29.3. The summed E-state index contributed by atoms with van der Waals surface area (Å²) in [6, 6.07) is -0.803. The van der Waals surface area contributed by atoms with Gasteiger partial charge in [0.15, 0.2) is 0 Å². The molecule has 0 fully saturated rings. The SMILES string of the molecule is CCCCCCCCCCCCCCCCCCCCCCCCCCCCCCCCCCCCCCCCCC(=O)NC(CO)C(O)C(O)CCCCCCCCCCCC. The van der Waals surface area contributed by atoms with Gasteiger partial charge in [-0.15, -0.1) is 0 Å². The van der Waals surface area contributed by atoms with Crippen molar-refractivity contribution in [3.05, 3.63) is 0 Å². The number of unbranched alkanes of at least 4 members (excludes halogenated alkanes) is 47. The quantitative estimate of drug-likeness (QED) is 0.0458. The predicted molar refractivity (Wildman–Crippen MR) is 278 cm³/mol. The number of rotatable bonds is 55. The van der Waals surface area contributed by atoms with Crippen molar-refractivity contribution in [2.24, 2.45) is 0 Å². The molecule has 0 aliphatic heterocycles. The Labute approximate surface area is 396 Å². The van der Waals surface area contributed by atoms with Crippen molar-refractivity contribution in [1.29, 1.82) is 0 Å². The molecule has 0 aliphatic carbocycles. The average molecular weight is 893 g/mol. The van der Waals surface area contributed by atoms with Gasteiger partial charge in [-0.3, -0.25) is 4.79 Å². The Kier molecular flexibility index (Phi) is 53.4. The van der Waals surface area contributed by atoms with Crippen LogP contribution in [-0.2, 0) is 4.79 Å². The molecule has 378 valence electrons. The number of hydrogen-bond acceptors (Lipinski definition) is 4. The highest BCUT2D eigenvalue weighted by atomic mass is 16.3. The number of aliphatic hydroxyl groups excluding tert-OH is 3. The van der Waals surface area contributed by atoms with Gasteiger partial charge >= 0.3 is 0 Å². The van der Waals surface area contributed by atoms with Crippen molar-refractivity contribution in [1.82, 2.24) is 5.32 Å². The molecule has 0 aliphatic rings. The molecule has 5 nitrogen and oxygen atoms in total. The Morgan fingerprint density at radius 1 is 0.333 bits per heavy atom. The number of carbonyl (C=O) groups excluding carboxylic acids is 1. The first-order valence-corrected chi connectivity index (χ1v) is 29.3. The summed E-state index contributed by atoms with van der Waals surface area (Å²) >= 11 is 0. The molecular weight excluding hydrogens is 775 g/mol. The van der Waals surface area contributed by atoms with E-state index in [9.17, 15) is 20.1 Å². The van der Waals surface area contributed by atoms with E-state index < -0.39 is 18.2 Å². The van der Waals surface area contributed by atoms with Crippen LogP contribution in [0.1, 0.15) is 341 Å². The highest BCUT2D eigenvalue weighted by molar-refractivity contribution is 5.76. The normalized spacial score (nSPS) is 13.2. The molecule has 0 rings (SSSR count). The van der Waals surface area contributed by atoms with Crippen LogP contribution in [0.25, 0.3) is 0 Å². The zero-order chi connectivity index (χ0) is 45.8. The topological polar surface area (TPSA) is 89.8 Å². The van der Waals surface area contributed by atoms with Gasteiger partial charge < -0.3 is 20.6 Å². The van der Waals surface area contributed by atoms with Gasteiger partial charge in [0.05, 0.1) is 18.8 Å². The van der Waals surface area contributed by atoms with E-state index in [-0.39, 0.29) is 12.5 Å². The first kappa shape index (κ1) is 62.4. The summed E-state index contributed by atoms with van der Waals surface area (Å²) in [6.07, 6.45) is 65.9. The Balaban J connectivity index is 3.34. The lowest BCUT2D eigenvalue weighted by Gasteiger charge is -2.26. The van der Waals surface area contributed by atoms with Gasteiger partial charge in [0, 0.05) is 6.42 Å². The molecule has 3 atom stereocenters. The summed E-state index contributed by atoms with van der Waals surface area (Å²) in [6.45, 7) is 4.19. The second-order valence-electron chi connectivity index (χ2n) is 20.6. The lowest BCUT2D eigenvalue weighted by atomic mass is 9.99. The lowest BCUT2D eigenvalue weighted by molar-refractivity contribution is -0.124. The molecule has 0 aromatic rings. The minimum Gasteiger partial charge on any atom is -0.394 e. The smallest absolute Gasteiger partial charge is 0.220 e. The Hall–Kier alpha value is -0.650. The van der Waals surface area contributed by atoms with Crippen LogP contribution in [0, 0.1) is 0 Å². The Bertz CT molecular complexity index is 853. The van der Waals surface area contributed by atoms with Gasteiger partial charge in [-0.2, -0.15) is 0 Å². The first-order chi connectivity index (χ1) is 31.1. The third-order valence-corrected chi connectivity index (χ3v) is 14.2. The third kappa shape index (κ3) is 49.1. The van der Waals surface area contributed by atoms with Crippen LogP contribution in [0.2, 0.25) is 0 Å². The fourth-order valence-electron chi connectivity index (χ4n) is 9.70. The fourth-order valence-corrected chi connectivity index (χ4v) is 9.70. The minimum absolute atomic E-state index is 0.138. The highest BCUT2D eigenvalue weighted by Gasteiger charge is 2.26. The number of hydrogen-bond donors (Lipinski definition) is 4. The predicted octanol–water partition coefficient (Wildman–Crippen LogP) is 18.1. The zero-order valence-electron chi connectivity index (χ0n) is 43.3. The number of nitrogens with one attached hydrogen (secondary N) is 1. The Morgan fingerprint density at radius 2 is 0.540 bits per heavy atom. The van der Waals surface area contributed by atoms with Gasteiger partial charge in [-0.05, 0) is 12.8 Å². The molecule has 0 aromatic carbocycles. The van der Waals surface area contributed by atoms with Gasteiger partial charge in [0.25, 0.3) is 0 Å². The third-order valence-electron chi connectivity index (χ3n) is 14.2. The second kappa shape index (κ2) is 54.0. The molecule has 4 N–H and O–H groups in total. The van der Waals surface area contributed by atoms with Crippen LogP contribution in [0.3, 0.4) is 0 Å². The average Bonchev–Trinajstić information content (AvgIpc) is 3.29. The van der Waals surface area contributed by atoms with Gasteiger partial charge in [-0.25, -0.2) is 0 Å². The maximum absolute atomic E-state index is 12.5. The van der Waals surface area contributed by atoms with Crippen molar-refractivity contribution in [2.45, 2.75) is 360 Å². The molecule has 0 bridgehead atoms. The van der Waals surface area contributed by atoms with Crippen molar-refractivity contribution < 1.29 is 20.1 Å². The second-order valence-corrected chi connectivity index (χ2v) is 20.6. The van der Waals surface area contributed by atoms with Crippen LogP contribution in [0.5, 0.6) is 0 Å². The van der Waals surface area contributed by atoms with E-state index in [0.29, 0.717) is 12.8 Å². The Morgan fingerprint density at radius 3 is 0.762 bits per heavy atom. The number of carbonyl (C=O) groups is 1. The van der Waals surface area contributed by atoms with E-state index in [1.165, 1.54) is 276 Å². The van der Waals surface area contributed by atoms with E-state index in [1.807, 2.05) is 0 Å². The van der Waals surface area contributed by atoms with Gasteiger partial charge in [0.1, 0.15) is 6.10 Å². The molecule has 0 aromatic heterocycles. The molecule has 0 heterocycles. The molecule has 0 saturated heterocycles. The van der Waals surface area contributed by atoms with Crippen LogP contribution in [-0.4, -0.2) is 46.1 Å². The maximum atomic E-state index is 12.5. The van der Waals surface area contributed by atoms with Crippen molar-refractivity contribution in [3.8, 4) is 0 Å². The highest BCUT2D eigenvalue weighted by Crippen LogP contribution is 2.19. The lowest BCUT2D eigenvalue weighted by Crippen LogP contribution is -2.50. The van der Waals surface area contributed by atoms with Crippen LogP contribution in [0.4, 0.5) is 0 Å². The van der Waals surface area contributed by atoms with E-state index in [4.69, 9.17) is 0 Å². The summed E-state index contributed by atoms with van der Waals surface area (Å²) in [7, 11) is 0. The van der Waals surface area contributed by atoms with Gasteiger partial charge in [-0.1, -0.05) is 322 Å². The van der Waals surface area contributed by atoms with Crippen molar-refractivity contribution >= 4 is 5.91 Å². The largest absolute Gasteiger partial charge is 0.394 e. The summed E-state index contributed by atoms with van der Waals surface area (Å²) in [5.74, 6) is -0.138. The van der Waals surface area contributed by atoms with Crippen LogP contribution in [0.15, 0.2) is 0 Å². The molecule has 5 heteroatoms. The summed E-state index contributed by atoms with van der Waals surface area (Å²) < 4.78 is 0. The summed E-state index contributed by atoms with van der Waals surface area (Å²) in [4.78, 5) is 12.5. The van der Waals surface area contributed by atoms with E-state index in [0.717, 1.165) is 38.5 Å². The van der Waals surface area contributed by atoms with Crippen molar-refractivity contribution in [3.63, 3.8) is 0 Å². The molecular formula is C58H117NO4. The number of aliphatic hydroxyl groups is 3. The molecule has 0 saturated carbocycles. The molecule has 0 spiro atoms. The van der Waals surface area contributed by atoms with Gasteiger partial charge in [0.2, 0.25) is 5.91 Å². The van der Waals surface area contributed by atoms with E-state index >= 15 is 0 Å². The van der Waals surface area contributed by atoms with E-state index in [2.05, 4.69) is 19.2 Å². The maximum Gasteiger partial charge on any atom is 0.220 e. The molecule has 1 amide bonds. The zero-order valence-corrected chi connectivity index (χ0v) is 43.3.